The van der Waals surface area contributed by atoms with Crippen molar-refractivity contribution < 1.29 is 4.74 Å². The molecule has 0 amide bonds. The van der Waals surface area contributed by atoms with Crippen LogP contribution in [0.25, 0.3) is 11.3 Å². The number of rotatable bonds is 2. The number of fused-ring (bicyclic) bond motifs is 1. The van der Waals surface area contributed by atoms with Gasteiger partial charge in [0.15, 0.2) is 0 Å². The molecule has 4 rings (SSSR count). The molecule has 134 valence electrons. The first-order valence-corrected chi connectivity index (χ1v) is 9.36. The second kappa shape index (κ2) is 6.67. The molecule has 1 aromatic heterocycles. The maximum atomic E-state index is 9.75. The number of nitriles is 1. The van der Waals surface area contributed by atoms with E-state index in [-0.39, 0.29) is 11.8 Å². The van der Waals surface area contributed by atoms with E-state index < -0.39 is 5.92 Å². The van der Waals surface area contributed by atoms with E-state index >= 15 is 0 Å². The molecule has 0 aliphatic carbocycles. The summed E-state index contributed by atoms with van der Waals surface area (Å²) in [6.07, 6.45) is 0. The van der Waals surface area contributed by atoms with Gasteiger partial charge in [0.2, 0.25) is 11.8 Å². The molecule has 2 unspecified atom stereocenters. The summed E-state index contributed by atoms with van der Waals surface area (Å²) in [5, 5.41) is 25.3. The summed E-state index contributed by atoms with van der Waals surface area (Å²) in [4.78, 5) is 0. The lowest BCUT2D eigenvalue weighted by Gasteiger charge is -2.28. The summed E-state index contributed by atoms with van der Waals surface area (Å²) in [6.45, 7) is 4.11. The Kier molecular flexibility index (Phi) is 4.33. The van der Waals surface area contributed by atoms with Crippen LogP contribution in [-0.2, 0) is 0 Å². The van der Waals surface area contributed by atoms with E-state index in [1.165, 1.54) is 5.56 Å². The van der Waals surface area contributed by atoms with Gasteiger partial charge in [0.25, 0.3) is 0 Å². The molecule has 1 aliphatic heterocycles. The number of aryl methyl sites for hydroxylation is 2. The van der Waals surface area contributed by atoms with Gasteiger partial charge < -0.3 is 4.74 Å². The summed E-state index contributed by atoms with van der Waals surface area (Å²) >= 11 is 3.45. The van der Waals surface area contributed by atoms with Gasteiger partial charge in [-0.3, -0.25) is 10.5 Å². The highest BCUT2D eigenvalue weighted by Gasteiger charge is 2.40. The van der Waals surface area contributed by atoms with Crippen molar-refractivity contribution in [2.24, 2.45) is 5.92 Å². The van der Waals surface area contributed by atoms with Crippen LogP contribution in [0.2, 0.25) is 0 Å². The Morgan fingerprint density at radius 3 is 2.59 bits per heavy atom. The molecule has 6 heteroatoms. The third kappa shape index (κ3) is 2.94. The van der Waals surface area contributed by atoms with Gasteiger partial charge in [-0.2, -0.15) is 5.26 Å². The fourth-order valence-electron chi connectivity index (χ4n) is 3.65. The van der Waals surface area contributed by atoms with E-state index in [4.69, 9.17) is 10.1 Å². The predicted molar refractivity (Wildman–Crippen MR) is 107 cm³/mol. The van der Waals surface area contributed by atoms with Gasteiger partial charge in [0.05, 0.1) is 17.3 Å². The third-order valence-corrected chi connectivity index (χ3v) is 5.45. The Morgan fingerprint density at radius 2 is 1.93 bits per heavy atom. The first-order chi connectivity index (χ1) is 13.0. The number of nitrogens with one attached hydrogen (secondary N) is 2. The molecular formula is C21H17BrN4O. The average molecular weight is 421 g/mol. The summed E-state index contributed by atoms with van der Waals surface area (Å²) in [6, 6.07) is 16.3. The Hall–Kier alpha value is -2.91. The van der Waals surface area contributed by atoms with Crippen molar-refractivity contribution in [2.45, 2.75) is 19.8 Å². The minimum atomic E-state index is -0.708. The van der Waals surface area contributed by atoms with Crippen LogP contribution >= 0.6 is 15.9 Å². The minimum absolute atomic E-state index is 0.0726. The van der Waals surface area contributed by atoms with E-state index in [9.17, 15) is 5.26 Å². The quantitative estimate of drug-likeness (QED) is 0.604. The number of halogens is 1. The van der Waals surface area contributed by atoms with Crippen LogP contribution in [0.5, 0.6) is 5.88 Å². The molecule has 27 heavy (non-hydrogen) atoms. The van der Waals surface area contributed by atoms with Crippen LogP contribution < -0.4 is 4.74 Å². The van der Waals surface area contributed by atoms with Crippen molar-refractivity contribution in [3.8, 4) is 23.2 Å². The second-order valence-corrected chi connectivity index (χ2v) is 7.65. The van der Waals surface area contributed by atoms with Crippen LogP contribution in [0.15, 0.2) is 46.9 Å². The fraction of sp³-hybridized carbons (Fsp3) is 0.190. The van der Waals surface area contributed by atoms with Crippen molar-refractivity contribution in [1.82, 2.24) is 10.2 Å². The van der Waals surface area contributed by atoms with Crippen LogP contribution in [0.4, 0.5) is 0 Å². The van der Waals surface area contributed by atoms with Crippen molar-refractivity contribution in [3.63, 3.8) is 0 Å². The summed E-state index contributed by atoms with van der Waals surface area (Å²) in [7, 11) is 0. The van der Waals surface area contributed by atoms with Crippen molar-refractivity contribution in [3.05, 3.63) is 69.2 Å². The van der Waals surface area contributed by atoms with E-state index in [1.54, 1.807) is 0 Å². The number of aromatic nitrogens is 2. The van der Waals surface area contributed by atoms with Crippen molar-refractivity contribution in [2.75, 3.05) is 0 Å². The minimum Gasteiger partial charge on any atom is -0.422 e. The molecular weight excluding hydrogens is 404 g/mol. The lowest BCUT2D eigenvalue weighted by atomic mass is 9.78. The topological polar surface area (TPSA) is 85.5 Å². The van der Waals surface area contributed by atoms with Gasteiger partial charge in [0.1, 0.15) is 5.92 Å². The van der Waals surface area contributed by atoms with Crippen molar-refractivity contribution in [1.29, 1.82) is 10.7 Å². The van der Waals surface area contributed by atoms with E-state index in [0.29, 0.717) is 5.88 Å². The number of hydrogen-bond acceptors (Lipinski definition) is 4. The maximum absolute atomic E-state index is 9.75. The fourth-order valence-corrected chi connectivity index (χ4v) is 3.91. The Labute approximate surface area is 165 Å². The molecule has 0 saturated heterocycles. The monoisotopic (exact) mass is 420 g/mol. The Bertz CT molecular complexity index is 1080. The molecule has 0 bridgehead atoms. The van der Waals surface area contributed by atoms with Gasteiger partial charge in [0, 0.05) is 16.0 Å². The zero-order valence-corrected chi connectivity index (χ0v) is 16.5. The summed E-state index contributed by atoms with van der Waals surface area (Å²) < 4.78 is 6.55. The molecule has 2 aromatic carbocycles. The molecule has 2 atom stereocenters. The first kappa shape index (κ1) is 17.5. The van der Waals surface area contributed by atoms with Gasteiger partial charge in [-0.05, 0) is 37.1 Å². The molecule has 0 radical (unpaired) electrons. The maximum Gasteiger partial charge on any atom is 0.244 e. The molecule has 1 aliphatic rings. The molecule has 5 nitrogen and oxygen atoms in total. The Balaban J connectivity index is 1.95. The van der Waals surface area contributed by atoms with Gasteiger partial charge in [-0.15, -0.1) is 5.10 Å². The normalized spacial score (nSPS) is 18.5. The predicted octanol–water partition coefficient (Wildman–Crippen LogP) is 5.10. The van der Waals surface area contributed by atoms with Crippen LogP contribution in [0.3, 0.4) is 0 Å². The van der Waals surface area contributed by atoms with Gasteiger partial charge in [-0.1, -0.05) is 51.8 Å². The van der Waals surface area contributed by atoms with Gasteiger partial charge in [-0.25, -0.2) is 0 Å². The zero-order valence-electron chi connectivity index (χ0n) is 14.9. The number of aromatic amines is 1. The zero-order chi connectivity index (χ0) is 19.1. The molecule has 0 spiro atoms. The first-order valence-electron chi connectivity index (χ1n) is 8.57. The lowest BCUT2D eigenvalue weighted by molar-refractivity contribution is 0.437. The van der Waals surface area contributed by atoms with Crippen LogP contribution in [-0.4, -0.2) is 16.1 Å². The van der Waals surface area contributed by atoms with E-state index in [1.807, 2.05) is 24.3 Å². The molecule has 0 saturated carbocycles. The van der Waals surface area contributed by atoms with Crippen LogP contribution in [0, 0.1) is 36.5 Å². The van der Waals surface area contributed by atoms with Gasteiger partial charge >= 0.3 is 0 Å². The Morgan fingerprint density at radius 1 is 1.19 bits per heavy atom. The van der Waals surface area contributed by atoms with E-state index in [0.717, 1.165) is 32.4 Å². The average Bonchev–Trinajstić information content (AvgIpc) is 3.04. The largest absolute Gasteiger partial charge is 0.422 e. The number of hydrogen-bond donors (Lipinski definition) is 2. The van der Waals surface area contributed by atoms with Crippen molar-refractivity contribution >= 4 is 21.8 Å². The smallest absolute Gasteiger partial charge is 0.244 e. The number of benzene rings is 2. The summed E-state index contributed by atoms with van der Waals surface area (Å²) in [5.74, 6) is -0.736. The molecule has 3 aromatic rings. The van der Waals surface area contributed by atoms with Crippen LogP contribution in [0.1, 0.15) is 28.2 Å². The third-order valence-electron chi connectivity index (χ3n) is 4.92. The highest BCUT2D eigenvalue weighted by Crippen LogP contribution is 2.46. The lowest BCUT2D eigenvalue weighted by Crippen LogP contribution is -2.30. The second-order valence-electron chi connectivity index (χ2n) is 6.74. The number of H-pyrrole nitrogens is 1. The summed E-state index contributed by atoms with van der Waals surface area (Å²) in [5.41, 5.74) is 5.93. The molecule has 0 fully saturated rings. The molecule has 2 N–H and O–H groups in total. The highest BCUT2D eigenvalue weighted by atomic mass is 79.9. The SMILES string of the molecule is Cc1ccc(-c2[nH]nc3c2C(c2ccc(Br)cc2)C(C#N)C(=N)O3)c(C)c1. The molecule has 2 heterocycles. The standard InChI is InChI=1S/C21H17BrN4O/c1-11-3-8-15(12(2)9-11)19-18-17(13-4-6-14(22)7-5-13)16(10-23)20(24)27-21(18)26-25-19/h3-9,16-17,24H,1-2H3,(H,25,26). The highest BCUT2D eigenvalue weighted by molar-refractivity contribution is 9.10. The number of nitrogens with zero attached hydrogens (tertiary/aromatic N) is 2. The number of ether oxygens (including phenoxy) is 1. The van der Waals surface area contributed by atoms with E-state index in [2.05, 4.69) is 64.2 Å².